The highest BCUT2D eigenvalue weighted by Crippen LogP contribution is 2.27. The lowest BCUT2D eigenvalue weighted by molar-refractivity contribution is -0.136. The Morgan fingerprint density at radius 2 is 1.80 bits per heavy atom. The first-order valence-electron chi connectivity index (χ1n) is 7.55. The van der Waals surface area contributed by atoms with E-state index < -0.39 is 5.97 Å². The Labute approximate surface area is 121 Å². The second-order valence-corrected chi connectivity index (χ2v) is 6.17. The van der Waals surface area contributed by atoms with Gasteiger partial charge in [-0.15, -0.1) is 0 Å². The van der Waals surface area contributed by atoms with E-state index in [4.69, 9.17) is 5.11 Å². The fourth-order valence-electron chi connectivity index (χ4n) is 3.13. The lowest BCUT2D eigenvalue weighted by Crippen LogP contribution is -2.34. The molecule has 0 heterocycles. The molecule has 0 unspecified atom stereocenters. The molecule has 0 amide bonds. The van der Waals surface area contributed by atoms with Gasteiger partial charge in [0.2, 0.25) is 0 Å². The Morgan fingerprint density at radius 1 is 1.20 bits per heavy atom. The Kier molecular flexibility index (Phi) is 5.18. The second kappa shape index (κ2) is 6.89. The maximum Gasteiger partial charge on any atom is 0.307 e. The van der Waals surface area contributed by atoms with Crippen molar-refractivity contribution >= 4 is 5.97 Å². The summed E-state index contributed by atoms with van der Waals surface area (Å²) in [5.41, 5.74) is 2.09. The molecule has 1 aromatic carbocycles. The minimum atomic E-state index is -0.758. The number of nitrogens with zero attached hydrogens (tertiary/aromatic N) is 1. The van der Waals surface area contributed by atoms with E-state index in [1.54, 1.807) is 0 Å². The Morgan fingerprint density at radius 3 is 2.40 bits per heavy atom. The van der Waals surface area contributed by atoms with Crippen LogP contribution < -0.4 is 0 Å². The van der Waals surface area contributed by atoms with Crippen LogP contribution in [0.2, 0.25) is 0 Å². The SMILES string of the molecule is CC1CCC(N(C)Cc2ccccc2CC(=O)O)CC1. The van der Waals surface area contributed by atoms with Gasteiger partial charge in [0.25, 0.3) is 0 Å². The number of carboxylic acid groups (broad SMARTS) is 1. The third kappa shape index (κ3) is 4.07. The second-order valence-electron chi connectivity index (χ2n) is 6.17. The minimum absolute atomic E-state index is 0.117. The molecule has 0 aromatic heterocycles. The standard InChI is InChI=1S/C17H25NO2/c1-13-7-9-16(10-8-13)18(2)12-15-6-4-3-5-14(15)11-17(19)20/h3-6,13,16H,7-12H2,1-2H3,(H,19,20). The van der Waals surface area contributed by atoms with Crippen LogP contribution in [0.4, 0.5) is 0 Å². The van der Waals surface area contributed by atoms with Gasteiger partial charge in [-0.3, -0.25) is 9.69 Å². The summed E-state index contributed by atoms with van der Waals surface area (Å²) in [5, 5.41) is 8.99. The fraction of sp³-hybridized carbons (Fsp3) is 0.588. The van der Waals surface area contributed by atoms with Gasteiger partial charge >= 0.3 is 5.97 Å². The molecule has 3 heteroatoms. The zero-order valence-electron chi connectivity index (χ0n) is 12.5. The number of aliphatic carboxylic acids is 1. The highest BCUT2D eigenvalue weighted by Gasteiger charge is 2.22. The van der Waals surface area contributed by atoms with Crippen LogP contribution in [0.15, 0.2) is 24.3 Å². The van der Waals surface area contributed by atoms with Crippen molar-refractivity contribution in [2.24, 2.45) is 5.92 Å². The van der Waals surface area contributed by atoms with Crippen molar-refractivity contribution in [2.75, 3.05) is 7.05 Å². The van der Waals surface area contributed by atoms with E-state index in [1.165, 1.54) is 25.7 Å². The van der Waals surface area contributed by atoms with Crippen LogP contribution in [0.25, 0.3) is 0 Å². The molecule has 3 nitrogen and oxygen atoms in total. The highest BCUT2D eigenvalue weighted by molar-refractivity contribution is 5.70. The maximum atomic E-state index is 10.9. The van der Waals surface area contributed by atoms with E-state index in [1.807, 2.05) is 18.2 Å². The Balaban J connectivity index is 2.00. The summed E-state index contributed by atoms with van der Waals surface area (Å²) >= 11 is 0. The molecule has 0 saturated heterocycles. The highest BCUT2D eigenvalue weighted by atomic mass is 16.4. The number of hydrogen-bond donors (Lipinski definition) is 1. The van der Waals surface area contributed by atoms with Crippen molar-refractivity contribution in [1.82, 2.24) is 4.90 Å². The number of hydrogen-bond acceptors (Lipinski definition) is 2. The molecule has 0 spiro atoms. The van der Waals surface area contributed by atoms with Gasteiger partial charge in [0, 0.05) is 12.6 Å². The van der Waals surface area contributed by atoms with Gasteiger partial charge in [0.1, 0.15) is 0 Å². The summed E-state index contributed by atoms with van der Waals surface area (Å²) in [7, 11) is 2.16. The monoisotopic (exact) mass is 275 g/mol. The largest absolute Gasteiger partial charge is 0.481 e. The molecule has 20 heavy (non-hydrogen) atoms. The topological polar surface area (TPSA) is 40.5 Å². The molecule has 1 fully saturated rings. The summed E-state index contributed by atoms with van der Waals surface area (Å²) in [6.45, 7) is 3.18. The fourth-order valence-corrected chi connectivity index (χ4v) is 3.13. The van der Waals surface area contributed by atoms with Gasteiger partial charge in [-0.2, -0.15) is 0 Å². The van der Waals surface area contributed by atoms with E-state index >= 15 is 0 Å². The summed E-state index contributed by atoms with van der Waals surface area (Å²) in [6.07, 6.45) is 5.26. The minimum Gasteiger partial charge on any atom is -0.481 e. The van der Waals surface area contributed by atoms with Gasteiger partial charge in [0.15, 0.2) is 0 Å². The molecule has 1 N–H and O–H groups in total. The van der Waals surface area contributed by atoms with Crippen LogP contribution in [0.3, 0.4) is 0 Å². The summed E-state index contributed by atoms with van der Waals surface area (Å²) in [6, 6.07) is 8.55. The molecule has 0 radical (unpaired) electrons. The number of carbonyl (C=O) groups is 1. The van der Waals surface area contributed by atoms with Gasteiger partial charge in [-0.1, -0.05) is 31.2 Å². The number of rotatable bonds is 5. The van der Waals surface area contributed by atoms with Crippen molar-refractivity contribution in [3.05, 3.63) is 35.4 Å². The molecule has 0 atom stereocenters. The van der Waals surface area contributed by atoms with E-state index in [2.05, 4.69) is 24.9 Å². The first-order chi connectivity index (χ1) is 9.56. The molecule has 0 aliphatic heterocycles. The van der Waals surface area contributed by atoms with Crippen LogP contribution in [0.5, 0.6) is 0 Å². The van der Waals surface area contributed by atoms with Gasteiger partial charge in [-0.25, -0.2) is 0 Å². The van der Waals surface area contributed by atoms with Crippen molar-refractivity contribution in [2.45, 2.75) is 51.6 Å². The molecule has 0 bridgehead atoms. The first-order valence-corrected chi connectivity index (χ1v) is 7.55. The van der Waals surface area contributed by atoms with Crippen molar-refractivity contribution in [3.8, 4) is 0 Å². The zero-order chi connectivity index (χ0) is 14.5. The normalized spacial score (nSPS) is 22.9. The molecule has 1 saturated carbocycles. The van der Waals surface area contributed by atoms with Crippen LogP contribution in [-0.2, 0) is 17.8 Å². The molecule has 2 rings (SSSR count). The van der Waals surface area contributed by atoms with Gasteiger partial charge < -0.3 is 5.11 Å². The molecular formula is C17H25NO2. The van der Waals surface area contributed by atoms with Crippen LogP contribution in [0.1, 0.15) is 43.7 Å². The lowest BCUT2D eigenvalue weighted by atomic mass is 9.86. The molecule has 1 aromatic rings. The van der Waals surface area contributed by atoms with E-state index in [9.17, 15) is 4.79 Å². The predicted octanol–water partition coefficient (Wildman–Crippen LogP) is 3.32. The van der Waals surface area contributed by atoms with Gasteiger partial charge in [-0.05, 0) is 49.8 Å². The Bertz CT molecular complexity index is 450. The van der Waals surface area contributed by atoms with E-state index in [0.717, 1.165) is 23.6 Å². The predicted molar refractivity (Wildman–Crippen MR) is 80.7 cm³/mol. The summed E-state index contributed by atoms with van der Waals surface area (Å²) in [5.74, 6) is 0.102. The zero-order valence-corrected chi connectivity index (χ0v) is 12.5. The number of carboxylic acids is 1. The molecule has 1 aliphatic carbocycles. The average molecular weight is 275 g/mol. The number of benzene rings is 1. The van der Waals surface area contributed by atoms with E-state index in [0.29, 0.717) is 6.04 Å². The average Bonchev–Trinajstić information content (AvgIpc) is 2.41. The summed E-state index contributed by atoms with van der Waals surface area (Å²) in [4.78, 5) is 13.3. The lowest BCUT2D eigenvalue weighted by Gasteiger charge is -2.34. The van der Waals surface area contributed by atoms with Crippen molar-refractivity contribution < 1.29 is 9.90 Å². The summed E-state index contributed by atoms with van der Waals surface area (Å²) < 4.78 is 0. The smallest absolute Gasteiger partial charge is 0.307 e. The first kappa shape index (κ1) is 15.0. The molecule has 110 valence electrons. The van der Waals surface area contributed by atoms with Crippen molar-refractivity contribution in [1.29, 1.82) is 0 Å². The van der Waals surface area contributed by atoms with Crippen LogP contribution in [-0.4, -0.2) is 29.1 Å². The van der Waals surface area contributed by atoms with Crippen molar-refractivity contribution in [3.63, 3.8) is 0 Å². The quantitative estimate of drug-likeness (QED) is 0.896. The Hall–Kier alpha value is -1.35. The maximum absolute atomic E-state index is 10.9. The molecular weight excluding hydrogens is 250 g/mol. The third-order valence-electron chi connectivity index (χ3n) is 4.49. The third-order valence-corrected chi connectivity index (χ3v) is 4.49. The van der Waals surface area contributed by atoms with Crippen LogP contribution >= 0.6 is 0 Å². The molecule has 1 aliphatic rings. The van der Waals surface area contributed by atoms with Crippen LogP contribution in [0, 0.1) is 5.92 Å². The van der Waals surface area contributed by atoms with Gasteiger partial charge in [0.05, 0.1) is 6.42 Å². The van der Waals surface area contributed by atoms with E-state index in [-0.39, 0.29) is 6.42 Å².